The molecule has 14 heavy (non-hydrogen) atoms. The average molecular weight is 206 g/mol. The second kappa shape index (κ2) is 3.88. The highest BCUT2D eigenvalue weighted by atomic mass is 19.4. The maximum absolute atomic E-state index is 11.9. The zero-order chi connectivity index (χ0) is 10.8. The first-order valence-electron chi connectivity index (χ1n) is 3.88. The Kier molecular flexibility index (Phi) is 3.00. The minimum atomic E-state index is -4.70. The van der Waals surface area contributed by atoms with E-state index in [4.69, 9.17) is 5.11 Å². The lowest BCUT2D eigenvalue weighted by Gasteiger charge is -2.11. The zero-order valence-electron chi connectivity index (χ0n) is 7.43. The summed E-state index contributed by atoms with van der Waals surface area (Å²) in [4.78, 5) is 0. The molecule has 78 valence electrons. The van der Waals surface area contributed by atoms with Crippen LogP contribution in [0, 0.1) is 6.92 Å². The highest BCUT2D eigenvalue weighted by Gasteiger charge is 2.31. The summed E-state index contributed by atoms with van der Waals surface area (Å²) >= 11 is 0. The monoisotopic (exact) mass is 206 g/mol. The third-order valence-corrected chi connectivity index (χ3v) is 1.66. The van der Waals surface area contributed by atoms with Crippen LogP contribution in [0.15, 0.2) is 18.2 Å². The molecule has 0 amide bonds. The molecule has 2 nitrogen and oxygen atoms in total. The van der Waals surface area contributed by atoms with E-state index in [0.29, 0.717) is 11.1 Å². The Hall–Kier alpha value is -1.23. The van der Waals surface area contributed by atoms with Gasteiger partial charge in [0, 0.05) is 0 Å². The van der Waals surface area contributed by atoms with Crippen molar-refractivity contribution in [2.75, 3.05) is 0 Å². The van der Waals surface area contributed by atoms with Crippen molar-refractivity contribution >= 4 is 0 Å². The lowest BCUT2D eigenvalue weighted by atomic mass is 10.1. The second-order valence-electron chi connectivity index (χ2n) is 2.81. The Morgan fingerprint density at radius 3 is 2.50 bits per heavy atom. The van der Waals surface area contributed by atoms with Gasteiger partial charge in [0.2, 0.25) is 0 Å². The van der Waals surface area contributed by atoms with Gasteiger partial charge in [0.1, 0.15) is 5.75 Å². The summed E-state index contributed by atoms with van der Waals surface area (Å²) in [5.41, 5.74) is 0.759. The quantitative estimate of drug-likeness (QED) is 0.804. The third-order valence-electron chi connectivity index (χ3n) is 1.66. The molecule has 0 spiro atoms. The standard InChI is InChI=1S/C9H9F3O2/c1-6-2-3-7(5-13)4-8(6)14-9(10,11)12/h2-4,13H,5H2,1H3. The van der Waals surface area contributed by atoms with E-state index in [1.165, 1.54) is 19.1 Å². The van der Waals surface area contributed by atoms with E-state index >= 15 is 0 Å². The number of ether oxygens (including phenoxy) is 1. The van der Waals surface area contributed by atoms with Crippen LogP contribution in [-0.2, 0) is 6.61 Å². The van der Waals surface area contributed by atoms with Gasteiger partial charge in [-0.3, -0.25) is 0 Å². The molecule has 0 aliphatic rings. The van der Waals surface area contributed by atoms with Gasteiger partial charge in [-0.2, -0.15) is 0 Å². The average Bonchev–Trinajstić information content (AvgIpc) is 2.06. The third kappa shape index (κ3) is 2.92. The Morgan fingerprint density at radius 2 is 2.00 bits per heavy atom. The highest BCUT2D eigenvalue weighted by Crippen LogP contribution is 2.26. The van der Waals surface area contributed by atoms with Crippen molar-refractivity contribution in [2.45, 2.75) is 19.9 Å². The number of alkyl halides is 3. The predicted molar refractivity (Wildman–Crippen MR) is 43.8 cm³/mol. The van der Waals surface area contributed by atoms with E-state index < -0.39 is 6.36 Å². The molecule has 1 aromatic carbocycles. The molecule has 0 bridgehead atoms. The summed E-state index contributed by atoms with van der Waals surface area (Å²) in [5.74, 6) is -0.274. The first kappa shape index (κ1) is 10.8. The van der Waals surface area contributed by atoms with Crippen LogP contribution in [0.2, 0.25) is 0 Å². The molecule has 5 heteroatoms. The molecule has 0 fully saturated rings. The molecule has 0 aliphatic carbocycles. The summed E-state index contributed by atoms with van der Waals surface area (Å²) in [6.07, 6.45) is -4.70. The first-order chi connectivity index (χ1) is 6.42. The lowest BCUT2D eigenvalue weighted by molar-refractivity contribution is -0.274. The molecule has 0 saturated heterocycles. The van der Waals surface area contributed by atoms with Crippen LogP contribution < -0.4 is 4.74 Å². The van der Waals surface area contributed by atoms with Gasteiger partial charge >= 0.3 is 6.36 Å². The molecule has 0 atom stereocenters. The Labute approximate surface area is 78.9 Å². The number of aryl methyl sites for hydroxylation is 1. The molecular weight excluding hydrogens is 197 g/mol. The second-order valence-corrected chi connectivity index (χ2v) is 2.81. The number of halogens is 3. The number of aliphatic hydroxyl groups is 1. The smallest absolute Gasteiger partial charge is 0.406 e. The summed E-state index contributed by atoms with van der Waals surface area (Å²) in [7, 11) is 0. The molecule has 1 aromatic rings. The maximum Gasteiger partial charge on any atom is 0.573 e. The fourth-order valence-electron chi connectivity index (χ4n) is 0.977. The van der Waals surface area contributed by atoms with Gasteiger partial charge < -0.3 is 9.84 Å². The van der Waals surface area contributed by atoms with Crippen LogP contribution in [0.4, 0.5) is 13.2 Å². The SMILES string of the molecule is Cc1ccc(CO)cc1OC(F)(F)F. The van der Waals surface area contributed by atoms with Gasteiger partial charge in [-0.15, -0.1) is 13.2 Å². The predicted octanol–water partition coefficient (Wildman–Crippen LogP) is 2.39. The van der Waals surface area contributed by atoms with E-state index in [1.54, 1.807) is 6.07 Å². The summed E-state index contributed by atoms with van der Waals surface area (Å²) in [6, 6.07) is 4.17. The van der Waals surface area contributed by atoms with E-state index in [1.807, 2.05) is 0 Å². The number of aliphatic hydroxyl groups excluding tert-OH is 1. The van der Waals surface area contributed by atoms with Crippen molar-refractivity contribution in [3.8, 4) is 5.75 Å². The molecular formula is C9H9F3O2. The van der Waals surface area contributed by atoms with E-state index in [-0.39, 0.29) is 12.4 Å². The molecule has 0 saturated carbocycles. The van der Waals surface area contributed by atoms with Gasteiger partial charge in [0.05, 0.1) is 6.61 Å². The van der Waals surface area contributed by atoms with Gasteiger partial charge in [0.15, 0.2) is 0 Å². The fourth-order valence-corrected chi connectivity index (χ4v) is 0.977. The van der Waals surface area contributed by atoms with Gasteiger partial charge in [-0.1, -0.05) is 12.1 Å². The Bertz CT molecular complexity index is 320. The van der Waals surface area contributed by atoms with Crippen LogP contribution in [0.1, 0.15) is 11.1 Å². The number of hydrogen-bond acceptors (Lipinski definition) is 2. The largest absolute Gasteiger partial charge is 0.573 e. The van der Waals surface area contributed by atoms with Crippen molar-refractivity contribution in [3.63, 3.8) is 0 Å². The Morgan fingerprint density at radius 1 is 1.36 bits per heavy atom. The van der Waals surface area contributed by atoms with Crippen molar-refractivity contribution in [1.29, 1.82) is 0 Å². The molecule has 0 heterocycles. The molecule has 0 aromatic heterocycles. The highest BCUT2D eigenvalue weighted by molar-refractivity contribution is 5.36. The van der Waals surface area contributed by atoms with Crippen LogP contribution >= 0.6 is 0 Å². The number of hydrogen-bond donors (Lipinski definition) is 1. The number of benzene rings is 1. The minimum Gasteiger partial charge on any atom is -0.406 e. The summed E-state index contributed by atoms with van der Waals surface area (Å²) in [6.45, 7) is 1.19. The van der Waals surface area contributed by atoms with Crippen LogP contribution in [0.25, 0.3) is 0 Å². The molecule has 1 rings (SSSR count). The van der Waals surface area contributed by atoms with Gasteiger partial charge in [0.25, 0.3) is 0 Å². The molecule has 0 radical (unpaired) electrons. The van der Waals surface area contributed by atoms with Crippen LogP contribution in [0.5, 0.6) is 5.75 Å². The van der Waals surface area contributed by atoms with Crippen molar-refractivity contribution in [3.05, 3.63) is 29.3 Å². The normalized spacial score (nSPS) is 11.5. The van der Waals surface area contributed by atoms with Crippen LogP contribution in [-0.4, -0.2) is 11.5 Å². The van der Waals surface area contributed by atoms with E-state index in [2.05, 4.69) is 4.74 Å². The van der Waals surface area contributed by atoms with E-state index in [0.717, 1.165) is 0 Å². The Balaban J connectivity index is 2.95. The molecule has 0 unspecified atom stereocenters. The summed E-state index contributed by atoms with van der Waals surface area (Å²) < 4.78 is 39.4. The lowest BCUT2D eigenvalue weighted by Crippen LogP contribution is -2.17. The minimum absolute atomic E-state index is 0.274. The maximum atomic E-state index is 11.9. The van der Waals surface area contributed by atoms with Crippen molar-refractivity contribution < 1.29 is 23.0 Å². The van der Waals surface area contributed by atoms with Crippen LogP contribution in [0.3, 0.4) is 0 Å². The molecule has 0 aliphatic heterocycles. The van der Waals surface area contributed by atoms with Crippen molar-refractivity contribution in [1.82, 2.24) is 0 Å². The van der Waals surface area contributed by atoms with E-state index in [9.17, 15) is 13.2 Å². The van der Waals surface area contributed by atoms with Gasteiger partial charge in [-0.05, 0) is 24.1 Å². The fraction of sp³-hybridized carbons (Fsp3) is 0.333. The molecule has 1 N–H and O–H groups in total. The van der Waals surface area contributed by atoms with Gasteiger partial charge in [-0.25, -0.2) is 0 Å². The topological polar surface area (TPSA) is 29.5 Å². The van der Waals surface area contributed by atoms with Crippen molar-refractivity contribution in [2.24, 2.45) is 0 Å². The summed E-state index contributed by atoms with van der Waals surface area (Å²) in [5, 5.41) is 8.71. The zero-order valence-corrected chi connectivity index (χ0v) is 7.43. The number of rotatable bonds is 2. The first-order valence-corrected chi connectivity index (χ1v) is 3.88.